The van der Waals surface area contributed by atoms with Crippen molar-refractivity contribution in [2.45, 2.75) is 39.7 Å². The van der Waals surface area contributed by atoms with Gasteiger partial charge < -0.3 is 14.8 Å². The molecule has 1 N–H and O–H groups in total. The quantitative estimate of drug-likeness (QED) is 0.804. The van der Waals surface area contributed by atoms with E-state index in [4.69, 9.17) is 9.47 Å². The van der Waals surface area contributed by atoms with Crippen molar-refractivity contribution in [2.75, 3.05) is 32.6 Å². The van der Waals surface area contributed by atoms with Crippen molar-refractivity contribution < 1.29 is 14.3 Å². The molecule has 2 aromatic carbocycles. The van der Waals surface area contributed by atoms with Gasteiger partial charge in [-0.05, 0) is 57.4 Å². The van der Waals surface area contributed by atoms with Gasteiger partial charge in [-0.25, -0.2) is 0 Å². The molecule has 1 saturated heterocycles. The molecule has 0 aliphatic carbocycles. The molecule has 0 unspecified atom stereocenters. The van der Waals surface area contributed by atoms with Gasteiger partial charge in [0.2, 0.25) is 5.91 Å². The maximum Gasteiger partial charge on any atom is 0.238 e. The number of hydrogen-bond donors (Lipinski definition) is 1. The first-order valence-electron chi connectivity index (χ1n) is 9.76. The molecule has 0 aromatic heterocycles. The van der Waals surface area contributed by atoms with E-state index in [1.54, 1.807) is 14.2 Å². The number of aryl methyl sites for hydroxylation is 3. The van der Waals surface area contributed by atoms with Gasteiger partial charge in [0, 0.05) is 23.4 Å². The second-order valence-corrected chi connectivity index (χ2v) is 7.56. The molecule has 1 heterocycles. The number of ether oxygens (including phenoxy) is 2. The minimum atomic E-state index is 0.0226. The van der Waals surface area contributed by atoms with Crippen LogP contribution in [0.25, 0.3) is 0 Å². The van der Waals surface area contributed by atoms with Crippen molar-refractivity contribution in [3.63, 3.8) is 0 Å². The number of benzene rings is 2. The van der Waals surface area contributed by atoms with Crippen LogP contribution in [0.5, 0.6) is 11.5 Å². The average molecular weight is 383 g/mol. The van der Waals surface area contributed by atoms with Crippen molar-refractivity contribution >= 4 is 11.6 Å². The van der Waals surface area contributed by atoms with Crippen LogP contribution in [0, 0.1) is 20.8 Å². The zero-order valence-electron chi connectivity index (χ0n) is 17.5. The van der Waals surface area contributed by atoms with Crippen molar-refractivity contribution in [3.05, 3.63) is 52.6 Å². The maximum absolute atomic E-state index is 12.8. The first-order valence-corrected chi connectivity index (χ1v) is 9.76. The van der Waals surface area contributed by atoms with Crippen LogP contribution in [0.1, 0.15) is 41.1 Å². The molecule has 0 spiro atoms. The lowest BCUT2D eigenvalue weighted by Gasteiger charge is -2.26. The monoisotopic (exact) mass is 382 g/mol. The number of carbonyl (C=O) groups is 1. The average Bonchev–Trinajstić information content (AvgIpc) is 3.11. The highest BCUT2D eigenvalue weighted by molar-refractivity contribution is 5.93. The van der Waals surface area contributed by atoms with E-state index >= 15 is 0 Å². The second-order valence-electron chi connectivity index (χ2n) is 7.56. The molecule has 2 aromatic rings. The topological polar surface area (TPSA) is 50.8 Å². The minimum Gasteiger partial charge on any atom is -0.497 e. The maximum atomic E-state index is 12.8. The number of carbonyl (C=O) groups excluding carboxylic acids is 1. The summed E-state index contributed by atoms with van der Waals surface area (Å²) in [6.45, 7) is 7.42. The van der Waals surface area contributed by atoms with Crippen LogP contribution in [-0.2, 0) is 4.79 Å². The smallest absolute Gasteiger partial charge is 0.238 e. The van der Waals surface area contributed by atoms with Gasteiger partial charge in [-0.3, -0.25) is 9.69 Å². The Hall–Kier alpha value is -2.53. The second kappa shape index (κ2) is 8.65. The minimum absolute atomic E-state index is 0.0226. The lowest BCUT2D eigenvalue weighted by molar-refractivity contribution is -0.117. The molecule has 28 heavy (non-hydrogen) atoms. The van der Waals surface area contributed by atoms with Gasteiger partial charge in [-0.1, -0.05) is 23.8 Å². The largest absolute Gasteiger partial charge is 0.497 e. The SMILES string of the molecule is COc1ccc([C@H]2CCCN2CC(=O)Nc2c(C)cc(C)cc2C)c(OC)c1. The van der Waals surface area contributed by atoms with Gasteiger partial charge >= 0.3 is 0 Å². The highest BCUT2D eigenvalue weighted by Crippen LogP contribution is 2.38. The van der Waals surface area contributed by atoms with Gasteiger partial charge in [0.1, 0.15) is 11.5 Å². The molecule has 3 rings (SSSR count). The van der Waals surface area contributed by atoms with Crippen LogP contribution >= 0.6 is 0 Å². The van der Waals surface area contributed by atoms with E-state index < -0.39 is 0 Å². The normalized spacial score (nSPS) is 16.8. The number of hydrogen-bond acceptors (Lipinski definition) is 4. The van der Waals surface area contributed by atoms with E-state index in [1.165, 1.54) is 5.56 Å². The molecule has 150 valence electrons. The van der Waals surface area contributed by atoms with Gasteiger partial charge in [0.15, 0.2) is 0 Å². The predicted octanol–water partition coefficient (Wildman–Crippen LogP) is 4.40. The Morgan fingerprint density at radius 1 is 1.11 bits per heavy atom. The third-order valence-corrected chi connectivity index (χ3v) is 5.45. The number of likely N-dealkylation sites (tertiary alicyclic amines) is 1. The summed E-state index contributed by atoms with van der Waals surface area (Å²) in [5.41, 5.74) is 5.44. The van der Waals surface area contributed by atoms with Crippen LogP contribution in [0.4, 0.5) is 5.69 Å². The third kappa shape index (κ3) is 4.30. The van der Waals surface area contributed by atoms with E-state index in [0.717, 1.165) is 53.3 Å². The molecule has 0 bridgehead atoms. The molecule has 0 saturated carbocycles. The van der Waals surface area contributed by atoms with Crippen LogP contribution in [0.15, 0.2) is 30.3 Å². The van der Waals surface area contributed by atoms with Crippen LogP contribution in [-0.4, -0.2) is 38.1 Å². The van der Waals surface area contributed by atoms with Crippen molar-refractivity contribution in [1.82, 2.24) is 4.90 Å². The van der Waals surface area contributed by atoms with Crippen LogP contribution in [0.3, 0.4) is 0 Å². The van der Waals surface area contributed by atoms with Gasteiger partial charge in [0.05, 0.1) is 20.8 Å². The predicted molar refractivity (Wildman–Crippen MR) is 112 cm³/mol. The van der Waals surface area contributed by atoms with E-state index in [-0.39, 0.29) is 11.9 Å². The van der Waals surface area contributed by atoms with Gasteiger partial charge in [0.25, 0.3) is 0 Å². The highest BCUT2D eigenvalue weighted by atomic mass is 16.5. The molecule has 1 aliphatic heterocycles. The molecule has 1 amide bonds. The van der Waals surface area contributed by atoms with Crippen molar-refractivity contribution in [2.24, 2.45) is 0 Å². The standard InChI is InChI=1S/C23H30N2O3/c1-15-11-16(2)23(17(3)12-15)24-22(26)14-25-10-6-7-20(25)19-9-8-18(27-4)13-21(19)28-5/h8-9,11-13,20H,6-7,10,14H2,1-5H3,(H,24,26)/t20-/m1/s1. The first-order chi connectivity index (χ1) is 13.4. The zero-order chi connectivity index (χ0) is 20.3. The highest BCUT2D eigenvalue weighted by Gasteiger charge is 2.30. The van der Waals surface area contributed by atoms with E-state index in [0.29, 0.717) is 6.54 Å². The fourth-order valence-corrected chi connectivity index (χ4v) is 4.20. The molecule has 5 heteroatoms. The summed E-state index contributed by atoms with van der Waals surface area (Å²) in [5, 5.41) is 3.12. The number of methoxy groups -OCH3 is 2. The Bertz CT molecular complexity index is 840. The summed E-state index contributed by atoms with van der Waals surface area (Å²) >= 11 is 0. The summed E-state index contributed by atoms with van der Waals surface area (Å²) in [5.74, 6) is 1.60. The lowest BCUT2D eigenvalue weighted by atomic mass is 10.0. The third-order valence-electron chi connectivity index (χ3n) is 5.45. The van der Waals surface area contributed by atoms with Crippen molar-refractivity contribution in [3.8, 4) is 11.5 Å². The zero-order valence-corrected chi connectivity index (χ0v) is 17.5. The fourth-order valence-electron chi connectivity index (χ4n) is 4.20. The first kappa shape index (κ1) is 20.2. The number of nitrogens with one attached hydrogen (secondary N) is 1. The summed E-state index contributed by atoms with van der Waals surface area (Å²) in [6, 6.07) is 10.3. The molecule has 0 radical (unpaired) electrons. The molecule has 1 fully saturated rings. The molecule has 5 nitrogen and oxygen atoms in total. The number of anilines is 1. The molecular weight excluding hydrogens is 352 g/mol. The Balaban J connectivity index is 1.75. The van der Waals surface area contributed by atoms with Crippen LogP contribution in [0.2, 0.25) is 0 Å². The Kier molecular flexibility index (Phi) is 6.25. The van der Waals surface area contributed by atoms with E-state index in [1.807, 2.05) is 32.0 Å². The Morgan fingerprint density at radius 3 is 2.46 bits per heavy atom. The number of nitrogens with zero attached hydrogens (tertiary/aromatic N) is 1. The fraction of sp³-hybridized carbons (Fsp3) is 0.435. The summed E-state index contributed by atoms with van der Waals surface area (Å²) < 4.78 is 10.9. The lowest BCUT2D eigenvalue weighted by Crippen LogP contribution is -2.33. The number of amides is 1. The van der Waals surface area contributed by atoms with E-state index in [9.17, 15) is 4.79 Å². The summed E-state index contributed by atoms with van der Waals surface area (Å²) in [7, 11) is 3.32. The Labute approximate surface area is 167 Å². The van der Waals surface area contributed by atoms with Crippen molar-refractivity contribution in [1.29, 1.82) is 0 Å². The molecule has 1 aliphatic rings. The Morgan fingerprint density at radius 2 is 1.82 bits per heavy atom. The number of rotatable bonds is 6. The van der Waals surface area contributed by atoms with Gasteiger partial charge in [-0.15, -0.1) is 0 Å². The molecule has 1 atom stereocenters. The van der Waals surface area contributed by atoms with E-state index in [2.05, 4.69) is 29.3 Å². The summed E-state index contributed by atoms with van der Waals surface area (Å²) in [4.78, 5) is 15.0. The summed E-state index contributed by atoms with van der Waals surface area (Å²) in [6.07, 6.45) is 2.08. The van der Waals surface area contributed by atoms with Gasteiger partial charge in [-0.2, -0.15) is 0 Å². The molecular formula is C23H30N2O3. The van der Waals surface area contributed by atoms with Crippen LogP contribution < -0.4 is 14.8 Å².